The summed E-state index contributed by atoms with van der Waals surface area (Å²) in [6.45, 7) is 7.32. The van der Waals surface area contributed by atoms with Crippen molar-refractivity contribution in [3.63, 3.8) is 0 Å². The van der Waals surface area contributed by atoms with E-state index in [2.05, 4.69) is 31.2 Å². The van der Waals surface area contributed by atoms with Gasteiger partial charge < -0.3 is 9.84 Å². The first-order valence-corrected chi connectivity index (χ1v) is 5.77. The molecule has 3 nitrogen and oxygen atoms in total. The first-order chi connectivity index (χ1) is 7.06. The molecule has 1 N–H and O–H groups in total. The Kier molecular flexibility index (Phi) is 2.83. The van der Waals surface area contributed by atoms with E-state index in [1.807, 2.05) is 0 Å². The zero-order valence-electron chi connectivity index (χ0n) is 9.89. The summed E-state index contributed by atoms with van der Waals surface area (Å²) in [5, 5.41) is 7.62. The van der Waals surface area contributed by atoms with Gasteiger partial charge in [0, 0.05) is 24.1 Å². The lowest BCUT2D eigenvalue weighted by atomic mass is 9.96. The van der Waals surface area contributed by atoms with Crippen LogP contribution in [0, 0.1) is 0 Å². The van der Waals surface area contributed by atoms with Gasteiger partial charge in [-0.25, -0.2) is 0 Å². The Bertz CT molecular complexity index is 336. The van der Waals surface area contributed by atoms with Crippen molar-refractivity contribution in [2.24, 2.45) is 0 Å². The molecule has 0 fully saturated rings. The van der Waals surface area contributed by atoms with Gasteiger partial charge >= 0.3 is 0 Å². The van der Waals surface area contributed by atoms with Gasteiger partial charge in [-0.05, 0) is 40.0 Å². The summed E-state index contributed by atoms with van der Waals surface area (Å²) in [5.41, 5.74) is 2.61. The summed E-state index contributed by atoms with van der Waals surface area (Å²) in [5.74, 6) is 1.12. The summed E-state index contributed by atoms with van der Waals surface area (Å²) < 4.78 is 5.36. The fourth-order valence-electron chi connectivity index (χ4n) is 1.94. The highest BCUT2D eigenvalue weighted by atomic mass is 16.5. The summed E-state index contributed by atoms with van der Waals surface area (Å²) in [4.78, 5) is 0. The van der Waals surface area contributed by atoms with E-state index in [-0.39, 0.29) is 5.54 Å². The number of nitrogens with one attached hydrogen (secondary N) is 1. The molecule has 15 heavy (non-hydrogen) atoms. The third-order valence-electron chi connectivity index (χ3n) is 2.82. The zero-order valence-corrected chi connectivity index (χ0v) is 9.89. The lowest BCUT2D eigenvalue weighted by Crippen LogP contribution is -2.35. The van der Waals surface area contributed by atoms with Gasteiger partial charge in [0.2, 0.25) is 0 Å². The molecule has 0 atom stereocenters. The third kappa shape index (κ3) is 2.59. The van der Waals surface area contributed by atoms with Gasteiger partial charge in [0.05, 0.1) is 0 Å². The maximum atomic E-state index is 5.36. The van der Waals surface area contributed by atoms with E-state index < -0.39 is 0 Å². The van der Waals surface area contributed by atoms with Crippen molar-refractivity contribution in [1.29, 1.82) is 0 Å². The van der Waals surface area contributed by atoms with E-state index >= 15 is 0 Å². The molecule has 1 aromatic rings. The van der Waals surface area contributed by atoms with Crippen molar-refractivity contribution in [3.05, 3.63) is 17.0 Å². The van der Waals surface area contributed by atoms with E-state index in [1.165, 1.54) is 18.4 Å². The second kappa shape index (κ2) is 3.97. The highest BCUT2D eigenvalue weighted by Crippen LogP contribution is 2.24. The van der Waals surface area contributed by atoms with E-state index in [9.17, 15) is 0 Å². The molecule has 1 aromatic heterocycles. The monoisotopic (exact) mass is 208 g/mol. The van der Waals surface area contributed by atoms with Crippen LogP contribution in [0.25, 0.3) is 0 Å². The number of nitrogens with zero attached hydrogens (tertiary/aromatic N) is 1. The van der Waals surface area contributed by atoms with Gasteiger partial charge in [-0.2, -0.15) is 0 Å². The van der Waals surface area contributed by atoms with Crippen molar-refractivity contribution in [3.8, 4) is 0 Å². The van der Waals surface area contributed by atoms with Crippen molar-refractivity contribution < 1.29 is 4.52 Å². The lowest BCUT2D eigenvalue weighted by molar-refractivity contribution is 0.360. The van der Waals surface area contributed by atoms with Crippen LogP contribution in [0.2, 0.25) is 0 Å². The Morgan fingerprint density at radius 2 is 2.00 bits per heavy atom. The SMILES string of the molecule is CC(C)(C)NCc1noc2c1CCCC2. The van der Waals surface area contributed by atoms with Crippen LogP contribution in [0.1, 0.15) is 50.6 Å². The van der Waals surface area contributed by atoms with E-state index in [0.29, 0.717) is 0 Å². The summed E-state index contributed by atoms with van der Waals surface area (Å²) in [6, 6.07) is 0. The average molecular weight is 208 g/mol. The van der Waals surface area contributed by atoms with Crippen LogP contribution in [-0.4, -0.2) is 10.7 Å². The molecular weight excluding hydrogens is 188 g/mol. The standard InChI is InChI=1S/C12H20N2O/c1-12(2,3)13-8-10-9-6-4-5-7-11(9)15-14-10/h13H,4-8H2,1-3H3. The van der Waals surface area contributed by atoms with Crippen LogP contribution in [0.15, 0.2) is 4.52 Å². The van der Waals surface area contributed by atoms with Crippen LogP contribution in [0.3, 0.4) is 0 Å². The zero-order chi connectivity index (χ0) is 10.9. The molecule has 0 unspecified atom stereocenters. The van der Waals surface area contributed by atoms with Crippen molar-refractivity contribution in [2.75, 3.05) is 0 Å². The normalized spacial score (nSPS) is 16.5. The van der Waals surface area contributed by atoms with E-state index in [1.54, 1.807) is 0 Å². The minimum absolute atomic E-state index is 0.139. The first-order valence-electron chi connectivity index (χ1n) is 5.77. The van der Waals surface area contributed by atoms with Gasteiger partial charge in [0.15, 0.2) is 0 Å². The van der Waals surface area contributed by atoms with Gasteiger partial charge in [0.1, 0.15) is 11.5 Å². The van der Waals surface area contributed by atoms with Crippen molar-refractivity contribution in [2.45, 2.75) is 58.5 Å². The Morgan fingerprint density at radius 1 is 1.27 bits per heavy atom. The molecule has 0 radical (unpaired) electrons. The third-order valence-corrected chi connectivity index (χ3v) is 2.82. The number of hydrogen-bond acceptors (Lipinski definition) is 3. The molecule has 1 aliphatic rings. The Morgan fingerprint density at radius 3 is 2.73 bits per heavy atom. The van der Waals surface area contributed by atoms with Gasteiger partial charge in [0.25, 0.3) is 0 Å². The minimum Gasteiger partial charge on any atom is -0.361 e. The number of aromatic nitrogens is 1. The highest BCUT2D eigenvalue weighted by Gasteiger charge is 2.20. The molecule has 0 saturated heterocycles. The lowest BCUT2D eigenvalue weighted by Gasteiger charge is -2.20. The second-order valence-electron chi connectivity index (χ2n) is 5.34. The summed E-state index contributed by atoms with van der Waals surface area (Å²) in [7, 11) is 0. The molecular formula is C12H20N2O. The molecule has 3 heteroatoms. The summed E-state index contributed by atoms with van der Waals surface area (Å²) in [6.07, 6.45) is 4.73. The van der Waals surface area contributed by atoms with E-state index in [4.69, 9.17) is 4.52 Å². The molecule has 0 aliphatic heterocycles. The molecule has 0 amide bonds. The average Bonchev–Trinajstić information content (AvgIpc) is 2.57. The quantitative estimate of drug-likeness (QED) is 0.811. The molecule has 1 heterocycles. The van der Waals surface area contributed by atoms with Crippen molar-refractivity contribution >= 4 is 0 Å². The number of hydrogen-bond donors (Lipinski definition) is 1. The number of aryl methyl sites for hydroxylation is 1. The first kappa shape index (κ1) is 10.7. The van der Waals surface area contributed by atoms with Crippen LogP contribution >= 0.6 is 0 Å². The Balaban J connectivity index is 2.06. The maximum Gasteiger partial charge on any atom is 0.140 e. The minimum atomic E-state index is 0.139. The fourth-order valence-corrected chi connectivity index (χ4v) is 1.94. The molecule has 2 rings (SSSR count). The van der Waals surface area contributed by atoms with Crippen LogP contribution in [-0.2, 0) is 19.4 Å². The second-order valence-corrected chi connectivity index (χ2v) is 5.34. The molecule has 0 spiro atoms. The molecule has 0 aromatic carbocycles. The fraction of sp³-hybridized carbons (Fsp3) is 0.750. The number of fused-ring (bicyclic) bond motifs is 1. The van der Waals surface area contributed by atoms with Gasteiger partial charge in [-0.15, -0.1) is 0 Å². The van der Waals surface area contributed by atoms with Crippen LogP contribution in [0.5, 0.6) is 0 Å². The maximum absolute atomic E-state index is 5.36. The Hall–Kier alpha value is -0.830. The molecule has 0 bridgehead atoms. The van der Waals surface area contributed by atoms with Gasteiger partial charge in [-0.3, -0.25) is 0 Å². The van der Waals surface area contributed by atoms with Crippen LogP contribution < -0.4 is 5.32 Å². The van der Waals surface area contributed by atoms with Crippen LogP contribution in [0.4, 0.5) is 0 Å². The highest BCUT2D eigenvalue weighted by molar-refractivity contribution is 5.25. The number of rotatable bonds is 2. The molecule has 0 saturated carbocycles. The Labute approximate surface area is 91.2 Å². The van der Waals surface area contributed by atoms with Gasteiger partial charge in [-0.1, -0.05) is 5.16 Å². The molecule has 84 valence electrons. The predicted molar refractivity (Wildman–Crippen MR) is 59.7 cm³/mol. The predicted octanol–water partition coefficient (Wildman–Crippen LogP) is 2.44. The summed E-state index contributed by atoms with van der Waals surface area (Å²) >= 11 is 0. The largest absolute Gasteiger partial charge is 0.361 e. The topological polar surface area (TPSA) is 38.1 Å². The van der Waals surface area contributed by atoms with E-state index in [0.717, 1.165) is 30.8 Å². The van der Waals surface area contributed by atoms with Crippen molar-refractivity contribution in [1.82, 2.24) is 10.5 Å². The molecule has 1 aliphatic carbocycles. The smallest absolute Gasteiger partial charge is 0.140 e.